The maximum Gasteiger partial charge on any atom is 0.0377 e. The van der Waals surface area contributed by atoms with Gasteiger partial charge in [-0.25, -0.2) is 0 Å². The molecule has 0 aliphatic heterocycles. The summed E-state index contributed by atoms with van der Waals surface area (Å²) >= 11 is 0. The van der Waals surface area contributed by atoms with Gasteiger partial charge in [0.25, 0.3) is 0 Å². The molecule has 3 nitrogen and oxygen atoms in total. The summed E-state index contributed by atoms with van der Waals surface area (Å²) in [6.07, 6.45) is 15.4. The van der Waals surface area contributed by atoms with E-state index in [9.17, 15) is 0 Å². The van der Waals surface area contributed by atoms with Gasteiger partial charge in [0, 0.05) is 11.0 Å². The summed E-state index contributed by atoms with van der Waals surface area (Å²) in [6.45, 7) is 5.08. The lowest BCUT2D eigenvalue weighted by Gasteiger charge is -2.60. The van der Waals surface area contributed by atoms with Gasteiger partial charge in [-0.15, -0.1) is 0 Å². The van der Waals surface area contributed by atoms with Crippen LogP contribution in [0.4, 0.5) is 0 Å². The Hall–Kier alpha value is -0.950. The third-order valence-corrected chi connectivity index (χ3v) is 8.18. The lowest BCUT2D eigenvalue weighted by molar-refractivity contribution is -0.0995. The fraction of sp³-hybridized carbons (Fsp3) is 0.895. The number of rotatable bonds is 1. The molecule has 120 valence electrons. The first-order valence-corrected chi connectivity index (χ1v) is 9.29. The van der Waals surface area contributed by atoms with Gasteiger partial charge in [-0.2, -0.15) is 0 Å². The quantitative estimate of drug-likeness (QED) is 0.251. The van der Waals surface area contributed by atoms with Crippen molar-refractivity contribution in [2.45, 2.75) is 71.3 Å². The van der Waals surface area contributed by atoms with E-state index in [0.717, 1.165) is 36.5 Å². The van der Waals surface area contributed by atoms with Crippen LogP contribution >= 0.6 is 0 Å². The normalized spacial score (nSPS) is 53.1. The Bertz CT molecular complexity index is 535. The lowest BCUT2D eigenvalue weighted by atomic mass is 9.45. The van der Waals surface area contributed by atoms with Crippen molar-refractivity contribution in [1.82, 2.24) is 0 Å². The van der Waals surface area contributed by atoms with E-state index in [-0.39, 0.29) is 6.04 Å². The highest BCUT2D eigenvalue weighted by Gasteiger charge is 2.56. The van der Waals surface area contributed by atoms with E-state index in [1.807, 2.05) is 0 Å². The molecular formula is C19H29N3. The van der Waals surface area contributed by atoms with Crippen LogP contribution in [0.5, 0.6) is 0 Å². The molecule has 0 radical (unpaired) electrons. The highest BCUT2D eigenvalue weighted by atomic mass is 15.1. The van der Waals surface area contributed by atoms with Gasteiger partial charge in [0.05, 0.1) is 0 Å². The van der Waals surface area contributed by atoms with Gasteiger partial charge in [0.1, 0.15) is 0 Å². The molecule has 0 amide bonds. The molecule has 0 bridgehead atoms. The van der Waals surface area contributed by atoms with E-state index >= 15 is 0 Å². The molecule has 4 rings (SSSR count). The van der Waals surface area contributed by atoms with Crippen LogP contribution in [0.2, 0.25) is 0 Å². The molecule has 4 aliphatic carbocycles. The first-order chi connectivity index (χ1) is 10.6. The maximum absolute atomic E-state index is 8.75. The van der Waals surface area contributed by atoms with Crippen molar-refractivity contribution in [3.8, 4) is 0 Å². The molecule has 3 saturated carbocycles. The molecule has 4 aliphatic rings. The predicted molar refractivity (Wildman–Crippen MR) is 89.2 cm³/mol. The summed E-state index contributed by atoms with van der Waals surface area (Å²) < 4.78 is 0. The average molecular weight is 299 g/mol. The summed E-state index contributed by atoms with van der Waals surface area (Å²) in [6, 6.07) is 0.265. The first-order valence-electron chi connectivity index (χ1n) is 9.29. The zero-order valence-electron chi connectivity index (χ0n) is 14.0. The van der Waals surface area contributed by atoms with Crippen LogP contribution in [0.1, 0.15) is 65.2 Å². The van der Waals surface area contributed by atoms with E-state index in [1.165, 1.54) is 38.5 Å². The topological polar surface area (TPSA) is 48.8 Å². The number of hydrogen-bond donors (Lipinski definition) is 0. The summed E-state index contributed by atoms with van der Waals surface area (Å²) in [5, 5.41) is 4.04. The van der Waals surface area contributed by atoms with E-state index in [0.29, 0.717) is 10.8 Å². The first kappa shape index (κ1) is 14.6. The van der Waals surface area contributed by atoms with Crippen LogP contribution in [-0.4, -0.2) is 6.04 Å². The smallest absolute Gasteiger partial charge is 0.0377 e. The van der Waals surface area contributed by atoms with E-state index in [4.69, 9.17) is 5.53 Å². The van der Waals surface area contributed by atoms with Gasteiger partial charge in [-0.05, 0) is 91.4 Å². The van der Waals surface area contributed by atoms with Crippen LogP contribution in [0, 0.1) is 34.5 Å². The molecule has 0 N–H and O–H groups in total. The molecule has 7 atom stereocenters. The van der Waals surface area contributed by atoms with Gasteiger partial charge < -0.3 is 0 Å². The van der Waals surface area contributed by atoms with Gasteiger partial charge in [0.15, 0.2) is 0 Å². The summed E-state index contributed by atoms with van der Waals surface area (Å²) in [4.78, 5) is 3.07. The minimum absolute atomic E-state index is 0.265. The fourth-order valence-corrected chi connectivity index (χ4v) is 6.90. The molecule has 0 aromatic heterocycles. The number of azide groups is 1. The monoisotopic (exact) mass is 299 g/mol. The number of hydrogen-bond acceptors (Lipinski definition) is 1. The standard InChI is InChI=1S/C19H29N3/c1-18-9-3-4-16(18)15-6-5-13-12-14(21-22-20)7-11-19(13,2)17(15)8-10-18/h3,9,13-17H,4-8,10-12H2,1-2H3/t13-,14+,15+,16-,17-,18-,19-/m0/s1. The summed E-state index contributed by atoms with van der Waals surface area (Å²) in [5.41, 5.74) is 9.75. The van der Waals surface area contributed by atoms with Crippen LogP contribution < -0.4 is 0 Å². The van der Waals surface area contributed by atoms with Crippen molar-refractivity contribution in [1.29, 1.82) is 0 Å². The Morgan fingerprint density at radius 2 is 1.95 bits per heavy atom. The van der Waals surface area contributed by atoms with Gasteiger partial charge in [-0.3, -0.25) is 0 Å². The highest BCUT2D eigenvalue weighted by molar-refractivity contribution is 5.16. The molecule has 0 aromatic rings. The SMILES string of the molecule is C[C@]12CC[C@@H](N=[N+]=[N-])C[C@@H]1CC[C@H]1[C@@H]2CC[C@]2(C)C=CC[C@@H]12. The fourth-order valence-electron chi connectivity index (χ4n) is 6.90. The van der Waals surface area contributed by atoms with Crippen molar-refractivity contribution < 1.29 is 0 Å². The zero-order valence-corrected chi connectivity index (χ0v) is 14.0. The highest BCUT2D eigenvalue weighted by Crippen LogP contribution is 2.65. The Balaban J connectivity index is 1.58. The predicted octanol–water partition coefficient (Wildman–Crippen LogP) is 5.87. The number of fused-ring (bicyclic) bond motifs is 5. The van der Waals surface area contributed by atoms with E-state index in [2.05, 4.69) is 36.0 Å². The summed E-state index contributed by atoms with van der Waals surface area (Å²) in [7, 11) is 0. The molecule has 0 unspecified atom stereocenters. The van der Waals surface area contributed by atoms with Crippen molar-refractivity contribution >= 4 is 0 Å². The molecule has 0 spiro atoms. The third-order valence-electron chi connectivity index (χ3n) is 8.18. The van der Waals surface area contributed by atoms with Gasteiger partial charge >= 0.3 is 0 Å². The average Bonchev–Trinajstić information content (AvgIpc) is 2.89. The van der Waals surface area contributed by atoms with Gasteiger partial charge in [-0.1, -0.05) is 31.1 Å². The Morgan fingerprint density at radius 1 is 1.09 bits per heavy atom. The van der Waals surface area contributed by atoms with Crippen LogP contribution in [-0.2, 0) is 0 Å². The second kappa shape index (κ2) is 5.03. The van der Waals surface area contributed by atoms with Crippen LogP contribution in [0.25, 0.3) is 10.4 Å². The van der Waals surface area contributed by atoms with Crippen molar-refractivity contribution in [2.24, 2.45) is 39.6 Å². The summed E-state index contributed by atoms with van der Waals surface area (Å²) in [5.74, 6) is 3.54. The molecule has 0 heterocycles. The minimum Gasteiger partial charge on any atom is -0.0906 e. The molecule has 22 heavy (non-hydrogen) atoms. The van der Waals surface area contributed by atoms with Crippen LogP contribution in [0.3, 0.4) is 0 Å². The second-order valence-corrected chi connectivity index (χ2v) is 8.97. The Kier molecular flexibility index (Phi) is 3.34. The van der Waals surface area contributed by atoms with E-state index < -0.39 is 0 Å². The van der Waals surface area contributed by atoms with Crippen LogP contribution in [0.15, 0.2) is 17.3 Å². The number of allylic oxidation sites excluding steroid dienone is 2. The molecule has 0 saturated heterocycles. The van der Waals surface area contributed by atoms with Crippen molar-refractivity contribution in [3.05, 3.63) is 22.6 Å². The molecule has 3 fully saturated rings. The Morgan fingerprint density at radius 3 is 2.77 bits per heavy atom. The third kappa shape index (κ3) is 1.98. The molecular weight excluding hydrogens is 270 g/mol. The second-order valence-electron chi connectivity index (χ2n) is 8.97. The molecule has 3 heteroatoms. The van der Waals surface area contributed by atoms with E-state index in [1.54, 1.807) is 0 Å². The zero-order chi connectivity index (χ0) is 15.4. The maximum atomic E-state index is 8.75. The number of nitrogens with zero attached hydrogens (tertiary/aromatic N) is 3. The van der Waals surface area contributed by atoms with Crippen molar-refractivity contribution in [2.75, 3.05) is 0 Å². The van der Waals surface area contributed by atoms with Crippen molar-refractivity contribution in [3.63, 3.8) is 0 Å². The minimum atomic E-state index is 0.265. The van der Waals surface area contributed by atoms with Gasteiger partial charge in [0.2, 0.25) is 0 Å². The molecule has 0 aromatic carbocycles. The Labute approximate surface area is 134 Å². The lowest BCUT2D eigenvalue weighted by Crippen LogP contribution is -2.53. The largest absolute Gasteiger partial charge is 0.0906 e.